The Morgan fingerprint density at radius 2 is 2.12 bits per heavy atom. The Morgan fingerprint density at radius 1 is 1.32 bits per heavy atom. The topological polar surface area (TPSA) is 92.6 Å². The van der Waals surface area contributed by atoms with E-state index in [4.69, 9.17) is 8.94 Å². The number of nitrogens with zero attached hydrogens (tertiary/aromatic N) is 3. The van der Waals surface area contributed by atoms with Crippen LogP contribution in [0.15, 0.2) is 27.1 Å². The van der Waals surface area contributed by atoms with Crippen molar-refractivity contribution in [1.82, 2.24) is 15.0 Å². The Morgan fingerprint density at radius 3 is 2.80 bits per heavy atom. The molecule has 0 radical (unpaired) electrons. The number of carbonyl (C=O) groups excluding carboxylic acids is 1. The molecular weight excluding hydrogens is 322 g/mol. The van der Waals surface area contributed by atoms with E-state index >= 15 is 0 Å². The Kier molecular flexibility index (Phi) is 3.61. The van der Waals surface area contributed by atoms with Gasteiger partial charge in [-0.2, -0.15) is 4.98 Å². The van der Waals surface area contributed by atoms with Crippen LogP contribution in [-0.4, -0.2) is 38.7 Å². The molecule has 3 heterocycles. The van der Waals surface area contributed by atoms with Gasteiger partial charge in [0.2, 0.25) is 5.89 Å². The summed E-state index contributed by atoms with van der Waals surface area (Å²) >= 11 is 0. The lowest BCUT2D eigenvalue weighted by Gasteiger charge is -2.20. The van der Waals surface area contributed by atoms with Gasteiger partial charge in [-0.1, -0.05) is 23.4 Å². The van der Waals surface area contributed by atoms with Crippen LogP contribution in [0.5, 0.6) is 0 Å². The number of rotatable bonds is 2. The molecule has 3 aromatic rings. The molecule has 2 atom stereocenters. The number of benzene rings is 1. The number of β-amino-alcohol motifs (C(OH)–C–C–N with tert-alkyl or cyclic N) is 1. The largest absolute Gasteiger partial charge is 0.450 e. The number of amides is 1. The summed E-state index contributed by atoms with van der Waals surface area (Å²) in [5.74, 6) is 0.858. The third-order valence-corrected chi connectivity index (χ3v) is 4.72. The number of hydrogen-bond acceptors (Lipinski definition) is 6. The lowest BCUT2D eigenvalue weighted by molar-refractivity contribution is 0.0662. The molecule has 1 aliphatic heterocycles. The predicted octanol–water partition coefficient (Wildman–Crippen LogP) is 2.69. The van der Waals surface area contributed by atoms with E-state index in [0.717, 1.165) is 16.5 Å². The predicted molar refractivity (Wildman–Crippen MR) is 89.1 cm³/mol. The van der Waals surface area contributed by atoms with E-state index in [1.807, 2.05) is 32.0 Å². The summed E-state index contributed by atoms with van der Waals surface area (Å²) in [6, 6.07) is 5.38. The van der Waals surface area contributed by atoms with Crippen LogP contribution in [0.3, 0.4) is 0 Å². The molecule has 1 amide bonds. The minimum Gasteiger partial charge on any atom is -0.450 e. The standard InChI is InChI=1S/C18H19N3O4/c1-9-5-4-6-13-10(2)16(24-15(9)13)18(23)21-8-12(22)7-14(21)17-19-11(3)20-25-17/h4-6,12,14,22H,7-8H2,1-3H3/t12-,14-/m1/s1. The Labute approximate surface area is 144 Å². The SMILES string of the molecule is Cc1noc([C@H]2C[C@@H](O)CN2C(=O)c2oc3c(C)cccc3c2C)n1. The second-order valence-corrected chi connectivity index (χ2v) is 6.55. The lowest BCUT2D eigenvalue weighted by atomic mass is 10.1. The van der Waals surface area contributed by atoms with Gasteiger partial charge in [-0.3, -0.25) is 4.79 Å². The van der Waals surface area contributed by atoms with Gasteiger partial charge in [-0.05, 0) is 26.3 Å². The highest BCUT2D eigenvalue weighted by molar-refractivity contribution is 5.99. The van der Waals surface area contributed by atoms with Gasteiger partial charge in [0.15, 0.2) is 11.6 Å². The molecule has 0 bridgehead atoms. The second kappa shape index (κ2) is 5.70. The molecule has 2 aromatic heterocycles. The van der Waals surface area contributed by atoms with Crippen molar-refractivity contribution in [3.8, 4) is 0 Å². The molecule has 1 aliphatic rings. The third kappa shape index (κ3) is 2.51. The highest BCUT2D eigenvalue weighted by Gasteiger charge is 2.40. The van der Waals surface area contributed by atoms with Gasteiger partial charge in [0.25, 0.3) is 5.91 Å². The Balaban J connectivity index is 1.74. The summed E-state index contributed by atoms with van der Waals surface area (Å²) < 4.78 is 11.1. The quantitative estimate of drug-likeness (QED) is 0.770. The average Bonchev–Trinajstić information content (AvgIpc) is 3.26. The minimum absolute atomic E-state index is 0.209. The maximum absolute atomic E-state index is 13.1. The molecule has 1 fully saturated rings. The smallest absolute Gasteiger partial charge is 0.290 e. The fraction of sp³-hybridized carbons (Fsp3) is 0.389. The van der Waals surface area contributed by atoms with E-state index in [1.54, 1.807) is 11.8 Å². The number of carbonyl (C=O) groups is 1. The number of para-hydroxylation sites is 1. The summed E-state index contributed by atoms with van der Waals surface area (Å²) in [7, 11) is 0. The van der Waals surface area contributed by atoms with Gasteiger partial charge >= 0.3 is 0 Å². The van der Waals surface area contributed by atoms with Gasteiger partial charge in [-0.25, -0.2) is 0 Å². The van der Waals surface area contributed by atoms with Crippen molar-refractivity contribution in [2.75, 3.05) is 6.54 Å². The van der Waals surface area contributed by atoms with E-state index in [-0.39, 0.29) is 12.5 Å². The summed E-state index contributed by atoms with van der Waals surface area (Å²) in [6.07, 6.45) is -0.265. The average molecular weight is 341 g/mol. The highest BCUT2D eigenvalue weighted by Crippen LogP contribution is 2.35. The first-order valence-corrected chi connectivity index (χ1v) is 8.23. The van der Waals surface area contributed by atoms with E-state index < -0.39 is 12.1 Å². The molecule has 0 unspecified atom stereocenters. The van der Waals surface area contributed by atoms with Crippen molar-refractivity contribution in [3.05, 3.63) is 46.8 Å². The number of fused-ring (bicyclic) bond motifs is 1. The van der Waals surface area contributed by atoms with Gasteiger partial charge < -0.3 is 18.9 Å². The fourth-order valence-electron chi connectivity index (χ4n) is 3.44. The van der Waals surface area contributed by atoms with Crippen LogP contribution in [0.1, 0.15) is 45.9 Å². The van der Waals surface area contributed by atoms with Crippen molar-refractivity contribution >= 4 is 16.9 Å². The maximum atomic E-state index is 13.1. The third-order valence-electron chi connectivity index (χ3n) is 4.72. The molecule has 1 aromatic carbocycles. The first-order chi connectivity index (χ1) is 12.0. The van der Waals surface area contributed by atoms with Gasteiger partial charge in [0, 0.05) is 23.9 Å². The maximum Gasteiger partial charge on any atom is 0.290 e. The minimum atomic E-state index is -0.632. The zero-order chi connectivity index (χ0) is 17.7. The van der Waals surface area contributed by atoms with Crippen LogP contribution in [-0.2, 0) is 0 Å². The normalized spacial score (nSPS) is 20.6. The molecular formula is C18H19N3O4. The summed E-state index contributed by atoms with van der Waals surface area (Å²) in [5.41, 5.74) is 2.49. The number of aliphatic hydroxyl groups is 1. The van der Waals surface area contributed by atoms with Crippen LogP contribution in [0.2, 0.25) is 0 Å². The van der Waals surface area contributed by atoms with E-state index in [0.29, 0.717) is 29.5 Å². The van der Waals surface area contributed by atoms with Crippen molar-refractivity contribution < 1.29 is 18.8 Å². The van der Waals surface area contributed by atoms with Crippen LogP contribution in [0.4, 0.5) is 0 Å². The molecule has 0 spiro atoms. The van der Waals surface area contributed by atoms with Gasteiger partial charge in [0.05, 0.1) is 6.10 Å². The zero-order valence-electron chi connectivity index (χ0n) is 14.3. The summed E-state index contributed by atoms with van der Waals surface area (Å²) in [4.78, 5) is 18.9. The molecule has 4 rings (SSSR count). The number of aromatic nitrogens is 2. The summed E-state index contributed by atoms with van der Waals surface area (Å²) in [5, 5.41) is 14.8. The molecule has 130 valence electrons. The van der Waals surface area contributed by atoms with Crippen LogP contribution in [0, 0.1) is 20.8 Å². The van der Waals surface area contributed by atoms with E-state index in [1.165, 1.54) is 0 Å². The van der Waals surface area contributed by atoms with Gasteiger partial charge in [0.1, 0.15) is 11.6 Å². The molecule has 1 saturated heterocycles. The van der Waals surface area contributed by atoms with Crippen LogP contribution < -0.4 is 0 Å². The number of furan rings is 1. The van der Waals surface area contributed by atoms with E-state index in [9.17, 15) is 9.90 Å². The Hall–Kier alpha value is -2.67. The molecule has 0 aliphatic carbocycles. The fourth-order valence-corrected chi connectivity index (χ4v) is 3.44. The first kappa shape index (κ1) is 15.8. The van der Waals surface area contributed by atoms with Crippen molar-refractivity contribution in [3.63, 3.8) is 0 Å². The van der Waals surface area contributed by atoms with Crippen molar-refractivity contribution in [2.45, 2.75) is 39.3 Å². The van der Waals surface area contributed by atoms with E-state index in [2.05, 4.69) is 10.1 Å². The number of aryl methyl sites for hydroxylation is 3. The van der Waals surface area contributed by atoms with Crippen LogP contribution in [0.25, 0.3) is 11.0 Å². The van der Waals surface area contributed by atoms with Crippen LogP contribution >= 0.6 is 0 Å². The summed E-state index contributed by atoms with van der Waals surface area (Å²) in [6.45, 7) is 5.75. The number of likely N-dealkylation sites (tertiary alicyclic amines) is 1. The molecule has 7 heteroatoms. The number of aliphatic hydroxyl groups excluding tert-OH is 1. The van der Waals surface area contributed by atoms with Crippen molar-refractivity contribution in [1.29, 1.82) is 0 Å². The molecule has 7 nitrogen and oxygen atoms in total. The monoisotopic (exact) mass is 341 g/mol. The molecule has 1 N–H and O–H groups in total. The lowest BCUT2D eigenvalue weighted by Crippen LogP contribution is -2.32. The zero-order valence-corrected chi connectivity index (χ0v) is 14.3. The molecule has 25 heavy (non-hydrogen) atoms. The van der Waals surface area contributed by atoms with Gasteiger partial charge in [-0.15, -0.1) is 0 Å². The molecule has 0 saturated carbocycles. The Bertz CT molecular complexity index is 959. The highest BCUT2D eigenvalue weighted by atomic mass is 16.5. The second-order valence-electron chi connectivity index (χ2n) is 6.55. The first-order valence-electron chi connectivity index (χ1n) is 8.23. The van der Waals surface area contributed by atoms with Crippen molar-refractivity contribution in [2.24, 2.45) is 0 Å². The number of hydrogen-bond donors (Lipinski definition) is 1.